The van der Waals surface area contributed by atoms with Crippen LogP contribution < -0.4 is 10.6 Å². The fourth-order valence-corrected chi connectivity index (χ4v) is 4.11. The Bertz CT molecular complexity index is 1030. The predicted molar refractivity (Wildman–Crippen MR) is 126 cm³/mol. The van der Waals surface area contributed by atoms with Gasteiger partial charge in [0.2, 0.25) is 5.91 Å². The van der Waals surface area contributed by atoms with Crippen molar-refractivity contribution in [3.05, 3.63) is 70.8 Å². The molecule has 1 heterocycles. The van der Waals surface area contributed by atoms with Gasteiger partial charge in [-0.25, -0.2) is 0 Å². The maximum Gasteiger partial charge on any atom is 0.416 e. The Hall–Kier alpha value is -3.36. The number of hydrogen-bond acceptors (Lipinski definition) is 3. The summed E-state index contributed by atoms with van der Waals surface area (Å²) in [4.78, 5) is 40.1. The van der Waals surface area contributed by atoms with Crippen molar-refractivity contribution >= 4 is 17.7 Å². The molecule has 0 unspecified atom stereocenters. The van der Waals surface area contributed by atoms with Crippen LogP contribution >= 0.6 is 0 Å². The summed E-state index contributed by atoms with van der Waals surface area (Å²) in [6.07, 6.45) is -2.75. The lowest BCUT2D eigenvalue weighted by atomic mass is 9.88. The molecular weight excluding hydrogens is 459 g/mol. The Morgan fingerprint density at radius 1 is 0.971 bits per heavy atom. The van der Waals surface area contributed by atoms with Gasteiger partial charge in [0.05, 0.1) is 5.56 Å². The standard InChI is InChI=1S/C26H30F3N3O3/c1-3-14-30-24(34)22(31-23(33)19-6-4-17(2)5-7-19)18-12-15-32(16-13-18)25(35)20-8-10-21(11-9-20)26(27,28)29/h4-11,18,22H,3,12-16H2,1-2H3,(H,30,34)(H,31,33)/t22-/m0/s1. The minimum atomic E-state index is -4.46. The van der Waals surface area contributed by atoms with Crippen molar-refractivity contribution in [2.45, 2.75) is 45.3 Å². The third-order valence-corrected chi connectivity index (χ3v) is 6.19. The largest absolute Gasteiger partial charge is 0.416 e. The predicted octanol–water partition coefficient (Wildman–Crippen LogP) is 4.19. The zero-order chi connectivity index (χ0) is 25.6. The summed E-state index contributed by atoms with van der Waals surface area (Å²) >= 11 is 0. The molecule has 3 amide bonds. The van der Waals surface area contributed by atoms with Gasteiger partial charge in [-0.2, -0.15) is 13.2 Å². The molecule has 1 saturated heterocycles. The van der Waals surface area contributed by atoms with Gasteiger partial charge in [-0.3, -0.25) is 14.4 Å². The van der Waals surface area contributed by atoms with Crippen LogP contribution in [0.25, 0.3) is 0 Å². The van der Waals surface area contributed by atoms with Gasteiger partial charge in [-0.1, -0.05) is 24.6 Å². The molecular formula is C26H30F3N3O3. The number of piperidine rings is 1. The molecule has 35 heavy (non-hydrogen) atoms. The van der Waals surface area contributed by atoms with Crippen molar-refractivity contribution in [1.29, 1.82) is 0 Å². The Morgan fingerprint density at radius 2 is 1.54 bits per heavy atom. The third-order valence-electron chi connectivity index (χ3n) is 6.19. The van der Waals surface area contributed by atoms with Crippen LogP contribution in [0, 0.1) is 12.8 Å². The maximum absolute atomic E-state index is 12.9. The number of alkyl halides is 3. The molecule has 0 saturated carbocycles. The minimum absolute atomic E-state index is 0.182. The van der Waals surface area contributed by atoms with Gasteiger partial charge in [0, 0.05) is 30.8 Å². The van der Waals surface area contributed by atoms with Gasteiger partial charge < -0.3 is 15.5 Å². The third kappa shape index (κ3) is 6.83. The molecule has 0 bridgehead atoms. The van der Waals surface area contributed by atoms with Crippen molar-refractivity contribution in [3.8, 4) is 0 Å². The topological polar surface area (TPSA) is 78.5 Å². The summed E-state index contributed by atoms with van der Waals surface area (Å²) < 4.78 is 38.4. The van der Waals surface area contributed by atoms with Crippen LogP contribution in [0.4, 0.5) is 13.2 Å². The number of halogens is 3. The highest BCUT2D eigenvalue weighted by Crippen LogP contribution is 2.29. The van der Waals surface area contributed by atoms with Gasteiger partial charge in [-0.05, 0) is 68.5 Å². The number of carbonyl (C=O) groups excluding carboxylic acids is 3. The number of nitrogens with one attached hydrogen (secondary N) is 2. The lowest BCUT2D eigenvalue weighted by Crippen LogP contribution is -2.54. The molecule has 1 fully saturated rings. The maximum atomic E-state index is 12.9. The smallest absolute Gasteiger partial charge is 0.354 e. The molecule has 1 aliphatic heterocycles. The van der Waals surface area contributed by atoms with Gasteiger partial charge in [0.15, 0.2) is 0 Å². The summed E-state index contributed by atoms with van der Waals surface area (Å²) in [6, 6.07) is 10.5. The Labute approximate surface area is 202 Å². The second-order valence-electron chi connectivity index (χ2n) is 8.81. The molecule has 0 radical (unpaired) electrons. The Balaban J connectivity index is 1.66. The van der Waals surface area contributed by atoms with Crippen molar-refractivity contribution in [3.63, 3.8) is 0 Å². The molecule has 1 aliphatic rings. The van der Waals surface area contributed by atoms with Crippen LogP contribution in [-0.2, 0) is 11.0 Å². The first-order valence-corrected chi connectivity index (χ1v) is 11.7. The van der Waals surface area contributed by atoms with Crippen LogP contribution in [0.3, 0.4) is 0 Å². The quantitative estimate of drug-likeness (QED) is 0.612. The van der Waals surface area contributed by atoms with Gasteiger partial charge in [-0.15, -0.1) is 0 Å². The fourth-order valence-electron chi connectivity index (χ4n) is 4.11. The van der Waals surface area contributed by atoms with E-state index in [4.69, 9.17) is 0 Å². The Kier molecular flexibility index (Phi) is 8.53. The number of amides is 3. The summed E-state index contributed by atoms with van der Waals surface area (Å²) in [5.74, 6) is -1.14. The summed E-state index contributed by atoms with van der Waals surface area (Å²) in [7, 11) is 0. The molecule has 0 aromatic heterocycles. The normalized spacial score (nSPS) is 15.4. The minimum Gasteiger partial charge on any atom is -0.354 e. The van der Waals surface area contributed by atoms with Crippen LogP contribution in [0.2, 0.25) is 0 Å². The van der Waals surface area contributed by atoms with Crippen LogP contribution in [0.1, 0.15) is 58.0 Å². The van der Waals surface area contributed by atoms with Gasteiger partial charge in [0.1, 0.15) is 6.04 Å². The van der Waals surface area contributed by atoms with Crippen LogP contribution in [-0.4, -0.2) is 48.3 Å². The number of likely N-dealkylation sites (tertiary alicyclic amines) is 1. The second kappa shape index (κ2) is 11.4. The molecule has 2 N–H and O–H groups in total. The average molecular weight is 490 g/mol. The number of benzene rings is 2. The molecule has 2 aromatic rings. The summed E-state index contributed by atoms with van der Waals surface area (Å²) in [5.41, 5.74) is 0.849. The first-order valence-electron chi connectivity index (χ1n) is 11.7. The van der Waals surface area contributed by atoms with E-state index in [2.05, 4.69) is 10.6 Å². The van der Waals surface area contributed by atoms with E-state index in [1.165, 1.54) is 12.1 Å². The van der Waals surface area contributed by atoms with Crippen LogP contribution in [0.15, 0.2) is 48.5 Å². The molecule has 0 spiro atoms. The lowest BCUT2D eigenvalue weighted by Gasteiger charge is -2.36. The van der Waals surface area contributed by atoms with Crippen molar-refractivity contribution in [2.75, 3.05) is 19.6 Å². The first-order chi connectivity index (χ1) is 16.6. The number of rotatable bonds is 7. The SMILES string of the molecule is CCCNC(=O)[C@@H](NC(=O)c1ccc(C)cc1)C1CCN(C(=O)c2ccc(C(F)(F)F)cc2)CC1. The van der Waals surface area contributed by atoms with E-state index in [-0.39, 0.29) is 29.2 Å². The van der Waals surface area contributed by atoms with E-state index in [9.17, 15) is 27.6 Å². The monoisotopic (exact) mass is 489 g/mol. The first kappa shape index (κ1) is 26.2. The van der Waals surface area contributed by atoms with Gasteiger partial charge >= 0.3 is 6.18 Å². The molecule has 6 nitrogen and oxygen atoms in total. The fraction of sp³-hybridized carbons (Fsp3) is 0.423. The molecule has 2 aromatic carbocycles. The van der Waals surface area contributed by atoms with E-state index in [0.29, 0.717) is 38.0 Å². The van der Waals surface area contributed by atoms with Crippen molar-refractivity contribution in [1.82, 2.24) is 15.5 Å². The number of hydrogen-bond donors (Lipinski definition) is 2. The highest BCUT2D eigenvalue weighted by atomic mass is 19.4. The van der Waals surface area contributed by atoms with E-state index < -0.39 is 17.8 Å². The van der Waals surface area contributed by atoms with E-state index in [1.807, 2.05) is 26.0 Å². The van der Waals surface area contributed by atoms with Crippen molar-refractivity contribution in [2.24, 2.45) is 5.92 Å². The highest BCUT2D eigenvalue weighted by Gasteiger charge is 2.34. The van der Waals surface area contributed by atoms with E-state index in [0.717, 1.165) is 24.1 Å². The Morgan fingerprint density at radius 3 is 2.09 bits per heavy atom. The van der Waals surface area contributed by atoms with Crippen LogP contribution in [0.5, 0.6) is 0 Å². The number of aryl methyl sites for hydroxylation is 1. The number of nitrogens with zero attached hydrogens (tertiary/aromatic N) is 1. The zero-order valence-electron chi connectivity index (χ0n) is 19.8. The summed E-state index contributed by atoms with van der Waals surface area (Å²) in [5, 5.41) is 5.71. The number of carbonyl (C=O) groups is 3. The van der Waals surface area contributed by atoms with Crippen molar-refractivity contribution < 1.29 is 27.6 Å². The molecule has 3 rings (SSSR count). The molecule has 188 valence electrons. The second-order valence-corrected chi connectivity index (χ2v) is 8.81. The van der Waals surface area contributed by atoms with Gasteiger partial charge in [0.25, 0.3) is 11.8 Å². The zero-order valence-corrected chi connectivity index (χ0v) is 19.8. The molecule has 9 heteroatoms. The molecule has 1 atom stereocenters. The molecule has 0 aliphatic carbocycles. The summed E-state index contributed by atoms with van der Waals surface area (Å²) in [6.45, 7) is 5.01. The van der Waals surface area contributed by atoms with E-state index in [1.54, 1.807) is 17.0 Å². The van der Waals surface area contributed by atoms with E-state index >= 15 is 0 Å². The average Bonchev–Trinajstić information content (AvgIpc) is 2.85. The highest BCUT2D eigenvalue weighted by molar-refractivity contribution is 5.97. The lowest BCUT2D eigenvalue weighted by molar-refractivity contribution is -0.137.